The van der Waals surface area contributed by atoms with Gasteiger partial charge in [-0.25, -0.2) is 0 Å². The second kappa shape index (κ2) is 8.00. The van der Waals surface area contributed by atoms with Crippen LogP contribution in [0.15, 0.2) is 71.8 Å². The van der Waals surface area contributed by atoms with E-state index in [4.69, 9.17) is 0 Å². The SMILES string of the molecule is Cc1ccc(CN2C(=O)S/C(=C\c3cccn3-c3cccc([N+](=O)[O-])c3)C2=O)cc1. The fourth-order valence-corrected chi connectivity index (χ4v) is 3.97. The maximum absolute atomic E-state index is 12.8. The Hall–Kier alpha value is -3.65. The molecule has 0 aliphatic carbocycles. The molecular weight excluding hydrogens is 402 g/mol. The number of imide groups is 1. The molecular formula is C22H17N3O4S. The van der Waals surface area contributed by atoms with Crippen LogP contribution in [0.2, 0.25) is 0 Å². The van der Waals surface area contributed by atoms with Gasteiger partial charge < -0.3 is 4.57 Å². The summed E-state index contributed by atoms with van der Waals surface area (Å²) in [4.78, 5) is 37.4. The van der Waals surface area contributed by atoms with Crippen molar-refractivity contribution < 1.29 is 14.5 Å². The monoisotopic (exact) mass is 419 g/mol. The van der Waals surface area contributed by atoms with E-state index < -0.39 is 4.92 Å². The molecule has 1 fully saturated rings. The van der Waals surface area contributed by atoms with Gasteiger partial charge in [0.25, 0.3) is 16.8 Å². The Labute approximate surface area is 176 Å². The lowest BCUT2D eigenvalue weighted by Crippen LogP contribution is -2.27. The Morgan fingerprint density at radius 1 is 1.07 bits per heavy atom. The summed E-state index contributed by atoms with van der Waals surface area (Å²) in [5, 5.41) is 10.7. The molecule has 2 amide bonds. The van der Waals surface area contributed by atoms with E-state index >= 15 is 0 Å². The Morgan fingerprint density at radius 2 is 1.83 bits per heavy atom. The summed E-state index contributed by atoms with van der Waals surface area (Å²) < 4.78 is 1.74. The number of benzene rings is 2. The highest BCUT2D eigenvalue weighted by atomic mass is 32.2. The standard InChI is InChI=1S/C22H17N3O4S/c1-15-7-9-16(10-8-15)14-24-21(26)20(30-22(24)27)13-18-6-3-11-23(18)17-4-2-5-19(12-17)25(28)29/h2-13H,14H2,1H3/b20-13-. The van der Waals surface area contributed by atoms with Crippen LogP contribution in [-0.4, -0.2) is 25.5 Å². The molecule has 1 aliphatic heterocycles. The van der Waals surface area contributed by atoms with E-state index in [0.29, 0.717) is 16.3 Å². The number of thioether (sulfide) groups is 1. The van der Waals surface area contributed by atoms with E-state index in [-0.39, 0.29) is 23.4 Å². The smallest absolute Gasteiger partial charge is 0.293 e. The van der Waals surface area contributed by atoms with Crippen LogP contribution in [0.25, 0.3) is 11.8 Å². The number of hydrogen-bond acceptors (Lipinski definition) is 5. The molecule has 0 unspecified atom stereocenters. The number of nitro benzene ring substituents is 1. The molecule has 1 aliphatic rings. The van der Waals surface area contributed by atoms with Crippen LogP contribution >= 0.6 is 11.8 Å². The van der Waals surface area contributed by atoms with Gasteiger partial charge in [-0.05, 0) is 48.5 Å². The highest BCUT2D eigenvalue weighted by molar-refractivity contribution is 8.18. The van der Waals surface area contributed by atoms with Gasteiger partial charge in [0.1, 0.15) is 0 Å². The molecule has 150 valence electrons. The van der Waals surface area contributed by atoms with E-state index in [2.05, 4.69) is 0 Å². The Bertz CT molecular complexity index is 1180. The van der Waals surface area contributed by atoms with Crippen LogP contribution in [0.4, 0.5) is 10.5 Å². The van der Waals surface area contributed by atoms with Crippen molar-refractivity contribution in [1.82, 2.24) is 9.47 Å². The van der Waals surface area contributed by atoms with Gasteiger partial charge in [0.15, 0.2) is 0 Å². The van der Waals surface area contributed by atoms with Gasteiger partial charge >= 0.3 is 0 Å². The predicted octanol–water partition coefficient (Wildman–Crippen LogP) is 4.93. The summed E-state index contributed by atoms with van der Waals surface area (Å²) in [5.41, 5.74) is 3.21. The van der Waals surface area contributed by atoms with Gasteiger partial charge in [0.2, 0.25) is 0 Å². The third-order valence-corrected chi connectivity index (χ3v) is 5.62. The largest absolute Gasteiger partial charge is 0.317 e. The molecule has 8 heteroatoms. The van der Waals surface area contributed by atoms with Crippen LogP contribution in [-0.2, 0) is 11.3 Å². The summed E-state index contributed by atoms with van der Waals surface area (Å²) in [6.45, 7) is 2.19. The van der Waals surface area contributed by atoms with Crippen molar-refractivity contribution in [3.05, 3.63) is 98.7 Å². The number of aromatic nitrogens is 1. The van der Waals surface area contributed by atoms with Crippen LogP contribution in [0, 0.1) is 17.0 Å². The minimum Gasteiger partial charge on any atom is -0.317 e. The van der Waals surface area contributed by atoms with Gasteiger partial charge in [-0.3, -0.25) is 24.6 Å². The molecule has 0 saturated carbocycles. The van der Waals surface area contributed by atoms with E-state index in [9.17, 15) is 19.7 Å². The highest BCUT2D eigenvalue weighted by Crippen LogP contribution is 2.34. The number of nitrogens with zero attached hydrogens (tertiary/aromatic N) is 3. The number of non-ortho nitro benzene ring substituents is 1. The lowest BCUT2D eigenvalue weighted by molar-refractivity contribution is -0.384. The molecule has 0 spiro atoms. The van der Waals surface area contributed by atoms with Crippen molar-refractivity contribution in [3.8, 4) is 5.69 Å². The predicted molar refractivity (Wildman–Crippen MR) is 115 cm³/mol. The molecule has 0 atom stereocenters. The molecule has 3 aromatic rings. The Balaban J connectivity index is 1.60. The molecule has 1 saturated heterocycles. The molecule has 2 heterocycles. The van der Waals surface area contributed by atoms with Crippen molar-refractivity contribution in [2.24, 2.45) is 0 Å². The fourth-order valence-electron chi connectivity index (χ4n) is 3.15. The van der Waals surface area contributed by atoms with Crippen LogP contribution in [0.1, 0.15) is 16.8 Å². The number of amides is 2. The van der Waals surface area contributed by atoms with Gasteiger partial charge in [0.05, 0.1) is 22.1 Å². The first kappa shape index (κ1) is 19.7. The Kier molecular flexibility index (Phi) is 5.24. The number of rotatable bonds is 5. The van der Waals surface area contributed by atoms with E-state index in [1.54, 1.807) is 41.1 Å². The summed E-state index contributed by atoms with van der Waals surface area (Å²) >= 11 is 0.891. The van der Waals surface area contributed by atoms with Crippen molar-refractivity contribution in [2.75, 3.05) is 0 Å². The summed E-state index contributed by atoms with van der Waals surface area (Å²) in [6, 6.07) is 17.5. The molecule has 1 aromatic heterocycles. The van der Waals surface area contributed by atoms with Crippen molar-refractivity contribution in [1.29, 1.82) is 0 Å². The van der Waals surface area contributed by atoms with Gasteiger partial charge in [-0.15, -0.1) is 0 Å². The normalized spacial score (nSPS) is 15.2. The van der Waals surface area contributed by atoms with Gasteiger partial charge in [-0.2, -0.15) is 0 Å². The van der Waals surface area contributed by atoms with Gasteiger partial charge in [-0.1, -0.05) is 35.9 Å². The van der Waals surface area contributed by atoms with E-state index in [1.165, 1.54) is 17.0 Å². The first-order valence-electron chi connectivity index (χ1n) is 9.15. The number of carbonyl (C=O) groups is 2. The minimum atomic E-state index is -0.455. The molecule has 7 nitrogen and oxygen atoms in total. The molecule has 0 N–H and O–H groups in total. The average Bonchev–Trinajstić information content (AvgIpc) is 3.30. The lowest BCUT2D eigenvalue weighted by Gasteiger charge is -2.12. The van der Waals surface area contributed by atoms with Crippen LogP contribution in [0.5, 0.6) is 0 Å². The second-order valence-electron chi connectivity index (χ2n) is 6.83. The van der Waals surface area contributed by atoms with Crippen LogP contribution < -0.4 is 0 Å². The summed E-state index contributed by atoms with van der Waals surface area (Å²) in [6.07, 6.45) is 3.39. The maximum Gasteiger partial charge on any atom is 0.293 e. The third-order valence-electron chi connectivity index (χ3n) is 4.71. The molecule has 4 rings (SSSR count). The zero-order valence-electron chi connectivity index (χ0n) is 16.0. The van der Waals surface area contributed by atoms with Crippen molar-refractivity contribution >= 4 is 34.7 Å². The molecule has 0 radical (unpaired) electrons. The maximum atomic E-state index is 12.8. The number of hydrogen-bond donors (Lipinski definition) is 0. The molecule has 2 aromatic carbocycles. The molecule has 0 bridgehead atoms. The van der Waals surface area contributed by atoms with E-state index in [1.807, 2.05) is 31.2 Å². The zero-order valence-corrected chi connectivity index (χ0v) is 16.8. The summed E-state index contributed by atoms with van der Waals surface area (Å²) in [5.74, 6) is -0.350. The quantitative estimate of drug-likeness (QED) is 0.332. The summed E-state index contributed by atoms with van der Waals surface area (Å²) in [7, 11) is 0. The topological polar surface area (TPSA) is 85.4 Å². The van der Waals surface area contributed by atoms with E-state index in [0.717, 1.165) is 22.9 Å². The van der Waals surface area contributed by atoms with Crippen molar-refractivity contribution in [2.45, 2.75) is 13.5 Å². The zero-order chi connectivity index (χ0) is 21.3. The van der Waals surface area contributed by atoms with Crippen molar-refractivity contribution in [3.63, 3.8) is 0 Å². The Morgan fingerprint density at radius 3 is 2.57 bits per heavy atom. The minimum absolute atomic E-state index is 0.0226. The van der Waals surface area contributed by atoms with Crippen LogP contribution in [0.3, 0.4) is 0 Å². The number of aryl methyl sites for hydroxylation is 1. The fraction of sp³-hybridized carbons (Fsp3) is 0.0909. The number of nitro groups is 1. The first-order chi connectivity index (χ1) is 14.4. The lowest BCUT2D eigenvalue weighted by atomic mass is 10.1. The highest BCUT2D eigenvalue weighted by Gasteiger charge is 2.35. The molecule has 30 heavy (non-hydrogen) atoms. The van der Waals surface area contributed by atoms with Gasteiger partial charge in [0, 0.05) is 24.0 Å². The average molecular weight is 419 g/mol. The third kappa shape index (κ3) is 3.90. The first-order valence-corrected chi connectivity index (χ1v) is 9.97. The number of carbonyl (C=O) groups excluding carboxylic acids is 2. The second-order valence-corrected chi connectivity index (χ2v) is 7.83.